The second kappa shape index (κ2) is 14.4. The van der Waals surface area contributed by atoms with Gasteiger partial charge in [-0.05, 0) is 76.1 Å². The summed E-state index contributed by atoms with van der Waals surface area (Å²) in [5.41, 5.74) is 2.24. The zero-order valence-electron chi connectivity index (χ0n) is 23.1. The van der Waals surface area contributed by atoms with Gasteiger partial charge in [0.2, 0.25) is 0 Å². The van der Waals surface area contributed by atoms with Gasteiger partial charge in [0.25, 0.3) is 0 Å². The summed E-state index contributed by atoms with van der Waals surface area (Å²) in [6.45, 7) is 5.74. The monoisotopic (exact) mass is 522 g/mol. The molecule has 3 rings (SSSR count). The van der Waals surface area contributed by atoms with E-state index in [1.54, 1.807) is 24.3 Å². The van der Waals surface area contributed by atoms with Crippen LogP contribution in [-0.2, 0) is 17.6 Å². The number of ether oxygens (including phenoxy) is 3. The van der Waals surface area contributed by atoms with E-state index >= 15 is 0 Å². The van der Waals surface area contributed by atoms with E-state index in [9.17, 15) is 24.6 Å². The third-order valence-electron chi connectivity index (χ3n) is 6.19. The van der Waals surface area contributed by atoms with Crippen LogP contribution in [0.3, 0.4) is 0 Å². The summed E-state index contributed by atoms with van der Waals surface area (Å²) in [5.74, 6) is 0.126. The van der Waals surface area contributed by atoms with Crippen molar-refractivity contribution in [2.45, 2.75) is 71.8 Å². The molecule has 1 heterocycles. The van der Waals surface area contributed by atoms with E-state index in [2.05, 4.69) is 0 Å². The summed E-state index contributed by atoms with van der Waals surface area (Å²) in [6.07, 6.45) is 3.74. The van der Waals surface area contributed by atoms with Gasteiger partial charge in [-0.2, -0.15) is 0 Å². The van der Waals surface area contributed by atoms with Crippen LogP contribution in [0.2, 0.25) is 0 Å². The van der Waals surface area contributed by atoms with Gasteiger partial charge in [-0.25, -0.2) is 4.79 Å². The standard InChI is InChI=1S/C28H34O8.Na.H/c1-4-8-21-23(12-10-20(17(2)29)27(21)31)34-13-6-5-7-14-35-26-16-25-19(15-22(26)18(3)30)9-11-24(36-25)28(32)33;;/h10,12,15-16,24,31H,4-9,11,13-14H2,1-3H3,(H,32,33);;/q;+1;-1/t24-;;/m0../s1. The first-order valence-corrected chi connectivity index (χ1v) is 12.4. The average Bonchev–Trinajstić information content (AvgIpc) is 2.84. The zero-order chi connectivity index (χ0) is 26.2. The topological polar surface area (TPSA) is 119 Å². The van der Waals surface area contributed by atoms with E-state index in [0.29, 0.717) is 66.4 Å². The number of phenols is 1. The molecule has 37 heavy (non-hydrogen) atoms. The van der Waals surface area contributed by atoms with Gasteiger partial charge in [-0.3, -0.25) is 9.59 Å². The number of phenolic OH excluding ortho intramolecular Hbond substituents is 1. The molecule has 0 unspecified atom stereocenters. The molecular weight excluding hydrogens is 487 g/mol. The quantitative estimate of drug-likeness (QED) is 0.234. The van der Waals surface area contributed by atoms with Crippen molar-refractivity contribution < 1.29 is 69.8 Å². The zero-order valence-corrected chi connectivity index (χ0v) is 24.1. The molecule has 0 aromatic heterocycles. The molecule has 0 bridgehead atoms. The maximum Gasteiger partial charge on any atom is 1.00 e. The molecule has 1 atom stereocenters. The van der Waals surface area contributed by atoms with E-state index < -0.39 is 12.1 Å². The van der Waals surface area contributed by atoms with E-state index in [1.165, 1.54) is 13.8 Å². The predicted octanol–water partition coefficient (Wildman–Crippen LogP) is 2.27. The minimum absolute atomic E-state index is 0. The number of aryl methyl sites for hydroxylation is 1. The largest absolute Gasteiger partial charge is 1.00 e. The van der Waals surface area contributed by atoms with Gasteiger partial charge in [0.1, 0.15) is 23.0 Å². The van der Waals surface area contributed by atoms with Gasteiger partial charge < -0.3 is 25.9 Å². The van der Waals surface area contributed by atoms with Crippen molar-refractivity contribution in [2.75, 3.05) is 13.2 Å². The number of carboxylic acids is 1. The number of hydrogen-bond donors (Lipinski definition) is 2. The number of hydrogen-bond acceptors (Lipinski definition) is 7. The Labute approximate surface area is 241 Å². The molecule has 2 aromatic rings. The first kappa shape index (κ1) is 30.7. The summed E-state index contributed by atoms with van der Waals surface area (Å²) >= 11 is 0. The molecule has 2 N–H and O–H groups in total. The second-order valence-electron chi connectivity index (χ2n) is 9.00. The van der Waals surface area contributed by atoms with Gasteiger partial charge in [0.15, 0.2) is 17.7 Å². The Kier molecular flexibility index (Phi) is 11.9. The molecule has 0 fully saturated rings. The Morgan fingerprint density at radius 3 is 2.24 bits per heavy atom. The molecule has 0 saturated carbocycles. The van der Waals surface area contributed by atoms with Gasteiger partial charge in [-0.1, -0.05) is 13.3 Å². The number of unbranched alkanes of at least 4 members (excludes halogenated alkanes) is 2. The van der Waals surface area contributed by atoms with E-state index in [4.69, 9.17) is 14.2 Å². The van der Waals surface area contributed by atoms with Crippen molar-refractivity contribution in [1.29, 1.82) is 0 Å². The van der Waals surface area contributed by atoms with Crippen LogP contribution in [-0.4, -0.2) is 47.1 Å². The van der Waals surface area contributed by atoms with E-state index in [1.807, 2.05) is 6.92 Å². The molecule has 196 valence electrons. The molecule has 9 heteroatoms. The second-order valence-corrected chi connectivity index (χ2v) is 9.00. The van der Waals surface area contributed by atoms with Crippen LogP contribution in [0.1, 0.15) is 86.1 Å². The summed E-state index contributed by atoms with van der Waals surface area (Å²) in [6, 6.07) is 6.69. The van der Waals surface area contributed by atoms with Crippen LogP contribution in [0.15, 0.2) is 24.3 Å². The molecule has 1 aliphatic heterocycles. The van der Waals surface area contributed by atoms with Gasteiger partial charge in [-0.15, -0.1) is 0 Å². The normalized spacial score (nSPS) is 14.1. The molecule has 8 nitrogen and oxygen atoms in total. The number of ketones is 2. The molecule has 2 aromatic carbocycles. The number of carboxylic acid groups (broad SMARTS) is 1. The third kappa shape index (κ3) is 7.97. The van der Waals surface area contributed by atoms with Crippen molar-refractivity contribution in [2.24, 2.45) is 0 Å². The Morgan fingerprint density at radius 2 is 1.65 bits per heavy atom. The Hall–Kier alpha value is -2.55. The Bertz CT molecular complexity index is 1130. The number of fused-ring (bicyclic) bond motifs is 1. The summed E-state index contributed by atoms with van der Waals surface area (Å²) in [4.78, 5) is 35.1. The number of benzene rings is 2. The van der Waals surface area contributed by atoms with Crippen molar-refractivity contribution in [3.05, 3.63) is 46.5 Å². The maximum absolute atomic E-state index is 12.1. The van der Waals surface area contributed by atoms with Crippen molar-refractivity contribution >= 4 is 17.5 Å². The van der Waals surface area contributed by atoms with Crippen LogP contribution in [0.4, 0.5) is 0 Å². The fourth-order valence-electron chi connectivity index (χ4n) is 4.25. The molecule has 0 radical (unpaired) electrons. The smallest absolute Gasteiger partial charge is 1.00 e. The minimum Gasteiger partial charge on any atom is -1.00 e. The molecule has 0 saturated heterocycles. The van der Waals surface area contributed by atoms with Crippen LogP contribution in [0.5, 0.6) is 23.0 Å². The number of aromatic hydroxyl groups is 1. The molecule has 0 aliphatic carbocycles. The number of rotatable bonds is 13. The van der Waals surface area contributed by atoms with Crippen molar-refractivity contribution in [1.82, 2.24) is 0 Å². The molecule has 0 amide bonds. The number of carbonyl (C=O) groups is 3. The molecule has 1 aliphatic rings. The van der Waals surface area contributed by atoms with Crippen LogP contribution < -0.4 is 43.8 Å². The SMILES string of the molecule is CCCc1c(OCCCCCOc2cc3c(cc2C(C)=O)CC[C@@H](C(=O)O)O3)ccc(C(C)=O)c1O.[H-].[Na+]. The van der Waals surface area contributed by atoms with Crippen LogP contribution >= 0.6 is 0 Å². The summed E-state index contributed by atoms with van der Waals surface area (Å²) in [5, 5.41) is 19.7. The van der Waals surface area contributed by atoms with Crippen molar-refractivity contribution in [3.8, 4) is 23.0 Å². The first-order valence-electron chi connectivity index (χ1n) is 12.4. The fourth-order valence-corrected chi connectivity index (χ4v) is 4.25. The molecular formula is C28H35NaO8. The minimum atomic E-state index is -1.01. The molecule has 0 spiro atoms. The van der Waals surface area contributed by atoms with Gasteiger partial charge >= 0.3 is 35.5 Å². The third-order valence-corrected chi connectivity index (χ3v) is 6.19. The average molecular weight is 523 g/mol. The summed E-state index contributed by atoms with van der Waals surface area (Å²) < 4.78 is 17.3. The van der Waals surface area contributed by atoms with Gasteiger partial charge in [0.05, 0.1) is 24.3 Å². The summed E-state index contributed by atoms with van der Waals surface area (Å²) in [7, 11) is 0. The maximum atomic E-state index is 12.1. The van der Waals surface area contributed by atoms with E-state index in [0.717, 1.165) is 31.2 Å². The van der Waals surface area contributed by atoms with Crippen LogP contribution in [0, 0.1) is 0 Å². The van der Waals surface area contributed by atoms with Crippen molar-refractivity contribution in [3.63, 3.8) is 0 Å². The Balaban J connectivity index is 0.00000361. The first-order chi connectivity index (χ1) is 17.2. The van der Waals surface area contributed by atoms with Gasteiger partial charge in [0, 0.05) is 11.6 Å². The van der Waals surface area contributed by atoms with E-state index in [-0.39, 0.29) is 48.3 Å². The Morgan fingerprint density at radius 1 is 1.00 bits per heavy atom. The fraction of sp³-hybridized carbons (Fsp3) is 0.464. The van der Waals surface area contributed by atoms with Crippen LogP contribution in [0.25, 0.3) is 0 Å². The number of carbonyl (C=O) groups excluding carboxylic acids is 2. The number of Topliss-reactive ketones (excluding diaryl/α,β-unsaturated/α-hetero) is 2. The predicted molar refractivity (Wildman–Crippen MR) is 135 cm³/mol. The number of aliphatic carboxylic acids is 1.